The minimum atomic E-state index is -0.361. The number of pyridine rings is 1. The van der Waals surface area contributed by atoms with Gasteiger partial charge in [-0.3, -0.25) is 4.98 Å². The first-order chi connectivity index (χ1) is 9.24. The number of H-pyrrole nitrogens is 1. The summed E-state index contributed by atoms with van der Waals surface area (Å²) in [7, 11) is 0. The molecule has 0 fully saturated rings. The second-order valence-electron chi connectivity index (χ2n) is 3.87. The van der Waals surface area contributed by atoms with Gasteiger partial charge < -0.3 is 10.3 Å². The molecule has 3 heterocycles. The van der Waals surface area contributed by atoms with Gasteiger partial charge in [-0.15, -0.1) is 0 Å². The molecule has 3 rings (SSSR count). The molecule has 0 radical (unpaired) electrons. The third-order valence-corrected chi connectivity index (χ3v) is 2.82. The van der Waals surface area contributed by atoms with E-state index in [0.29, 0.717) is 17.2 Å². The van der Waals surface area contributed by atoms with Crippen LogP contribution in [-0.4, -0.2) is 19.9 Å². The van der Waals surface area contributed by atoms with Crippen molar-refractivity contribution in [2.75, 3.05) is 5.32 Å². The highest BCUT2D eigenvalue weighted by molar-refractivity contribution is 6.28. The number of nitrogens with one attached hydrogen (secondary N) is 2. The monoisotopic (exact) mass is 277 g/mol. The summed E-state index contributed by atoms with van der Waals surface area (Å²) in [5, 5.41) is 3.93. The fourth-order valence-electron chi connectivity index (χ4n) is 1.76. The molecule has 0 spiro atoms. The molecule has 0 aromatic carbocycles. The van der Waals surface area contributed by atoms with E-state index in [1.54, 1.807) is 18.5 Å². The summed E-state index contributed by atoms with van der Waals surface area (Å²) in [5.41, 5.74) is 0.949. The Morgan fingerprint density at radius 3 is 3.05 bits per heavy atom. The predicted molar refractivity (Wildman–Crippen MR) is 70.4 cm³/mol. The lowest BCUT2D eigenvalue weighted by Gasteiger charge is -2.07. The van der Waals surface area contributed by atoms with E-state index in [1.807, 2.05) is 6.07 Å². The second kappa shape index (κ2) is 4.81. The number of hydrogen-bond donors (Lipinski definition) is 2. The van der Waals surface area contributed by atoms with Gasteiger partial charge in [-0.2, -0.15) is 4.98 Å². The van der Waals surface area contributed by atoms with E-state index >= 15 is 0 Å². The normalized spacial score (nSPS) is 10.8. The lowest BCUT2D eigenvalue weighted by molar-refractivity contribution is 0.602. The van der Waals surface area contributed by atoms with E-state index in [2.05, 4.69) is 25.3 Å². The number of aromatic nitrogens is 4. The topological polar surface area (TPSA) is 66.5 Å². The highest BCUT2D eigenvalue weighted by Crippen LogP contribution is 2.21. The van der Waals surface area contributed by atoms with Crippen LogP contribution in [0.1, 0.15) is 5.69 Å². The number of aromatic amines is 1. The molecular weight excluding hydrogens is 269 g/mol. The van der Waals surface area contributed by atoms with Crippen LogP contribution in [0.4, 0.5) is 10.2 Å². The Labute approximate surface area is 112 Å². The van der Waals surface area contributed by atoms with Crippen molar-refractivity contribution in [3.8, 4) is 0 Å². The van der Waals surface area contributed by atoms with Crippen LogP contribution in [0, 0.1) is 5.82 Å². The average molecular weight is 278 g/mol. The first kappa shape index (κ1) is 11.9. The molecule has 19 heavy (non-hydrogen) atoms. The van der Waals surface area contributed by atoms with E-state index in [4.69, 9.17) is 11.6 Å². The summed E-state index contributed by atoms with van der Waals surface area (Å²) in [4.78, 5) is 15.0. The molecule has 0 aliphatic carbocycles. The molecule has 0 bridgehead atoms. The Balaban J connectivity index is 1.90. The van der Waals surface area contributed by atoms with E-state index < -0.39 is 0 Å². The fraction of sp³-hybridized carbons (Fsp3) is 0.0833. The summed E-state index contributed by atoms with van der Waals surface area (Å²) < 4.78 is 13.5. The van der Waals surface area contributed by atoms with Crippen molar-refractivity contribution in [2.24, 2.45) is 0 Å². The maximum Gasteiger partial charge on any atom is 0.226 e. The molecule has 0 aliphatic rings. The second-order valence-corrected chi connectivity index (χ2v) is 4.20. The van der Waals surface area contributed by atoms with E-state index in [0.717, 1.165) is 5.39 Å². The smallest absolute Gasteiger partial charge is 0.226 e. The molecule has 5 nitrogen and oxygen atoms in total. The Kier molecular flexibility index (Phi) is 3.00. The van der Waals surface area contributed by atoms with Crippen LogP contribution in [0.2, 0.25) is 5.28 Å². The van der Waals surface area contributed by atoms with Crippen molar-refractivity contribution in [3.63, 3.8) is 0 Å². The molecule has 0 atom stereocenters. The van der Waals surface area contributed by atoms with Gasteiger partial charge in [0, 0.05) is 12.4 Å². The van der Waals surface area contributed by atoms with Crippen LogP contribution >= 0.6 is 11.6 Å². The van der Waals surface area contributed by atoms with Gasteiger partial charge >= 0.3 is 0 Å². The SMILES string of the molecule is Fc1cccnc1CNc1nc(Cl)nc2[nH]ccc12. The van der Waals surface area contributed by atoms with Crippen molar-refractivity contribution in [1.82, 2.24) is 19.9 Å². The van der Waals surface area contributed by atoms with Crippen LogP contribution in [-0.2, 0) is 6.54 Å². The van der Waals surface area contributed by atoms with Crippen molar-refractivity contribution in [2.45, 2.75) is 6.54 Å². The van der Waals surface area contributed by atoms with Gasteiger partial charge in [0.25, 0.3) is 0 Å². The largest absolute Gasteiger partial charge is 0.364 e. The minimum Gasteiger partial charge on any atom is -0.364 e. The molecule has 0 amide bonds. The maximum atomic E-state index is 13.5. The Morgan fingerprint density at radius 2 is 2.21 bits per heavy atom. The van der Waals surface area contributed by atoms with E-state index in [1.165, 1.54) is 6.07 Å². The van der Waals surface area contributed by atoms with Gasteiger partial charge in [0.15, 0.2) is 0 Å². The van der Waals surface area contributed by atoms with E-state index in [9.17, 15) is 4.39 Å². The van der Waals surface area contributed by atoms with Crippen molar-refractivity contribution >= 4 is 28.5 Å². The highest BCUT2D eigenvalue weighted by Gasteiger charge is 2.08. The number of anilines is 1. The van der Waals surface area contributed by atoms with Gasteiger partial charge in [-0.25, -0.2) is 9.37 Å². The highest BCUT2D eigenvalue weighted by atomic mass is 35.5. The molecular formula is C12H9ClFN5. The van der Waals surface area contributed by atoms with Gasteiger partial charge in [0.05, 0.1) is 17.6 Å². The fourth-order valence-corrected chi connectivity index (χ4v) is 1.93. The van der Waals surface area contributed by atoms with E-state index in [-0.39, 0.29) is 17.6 Å². The van der Waals surface area contributed by atoms with Crippen LogP contribution < -0.4 is 5.32 Å². The molecule has 3 aromatic rings. The third-order valence-electron chi connectivity index (χ3n) is 2.65. The minimum absolute atomic E-state index is 0.124. The Bertz CT molecular complexity index is 727. The zero-order valence-electron chi connectivity index (χ0n) is 9.69. The third kappa shape index (κ3) is 2.34. The lowest BCUT2D eigenvalue weighted by atomic mass is 10.3. The first-order valence-corrected chi connectivity index (χ1v) is 5.96. The van der Waals surface area contributed by atoms with Crippen LogP contribution in [0.5, 0.6) is 0 Å². The summed E-state index contributed by atoms with van der Waals surface area (Å²) in [5.74, 6) is 0.182. The summed E-state index contributed by atoms with van der Waals surface area (Å²) >= 11 is 5.82. The van der Waals surface area contributed by atoms with Crippen molar-refractivity contribution < 1.29 is 4.39 Å². The van der Waals surface area contributed by atoms with Crippen LogP contribution in [0.15, 0.2) is 30.6 Å². The Hall–Kier alpha value is -2.21. The average Bonchev–Trinajstić information content (AvgIpc) is 2.85. The predicted octanol–water partition coefficient (Wildman–Crippen LogP) is 2.76. The summed E-state index contributed by atoms with van der Waals surface area (Å²) in [6, 6.07) is 4.73. The van der Waals surface area contributed by atoms with Gasteiger partial charge in [-0.05, 0) is 29.8 Å². The first-order valence-electron chi connectivity index (χ1n) is 5.58. The van der Waals surface area contributed by atoms with Gasteiger partial charge in [0.2, 0.25) is 5.28 Å². The standard InChI is InChI=1S/C12H9ClFN5/c13-12-18-10-7(3-5-16-10)11(19-12)17-6-9-8(14)2-1-4-15-9/h1-5H,6H2,(H2,16,17,18,19). The molecule has 2 N–H and O–H groups in total. The number of nitrogens with zero attached hydrogens (tertiary/aromatic N) is 3. The molecule has 7 heteroatoms. The summed E-state index contributed by atoms with van der Waals surface area (Å²) in [6.45, 7) is 0.223. The molecule has 3 aromatic heterocycles. The number of halogens is 2. The Morgan fingerprint density at radius 1 is 1.32 bits per heavy atom. The van der Waals surface area contributed by atoms with Crippen LogP contribution in [0.3, 0.4) is 0 Å². The summed E-state index contributed by atoms with van der Waals surface area (Å²) in [6.07, 6.45) is 3.28. The number of fused-ring (bicyclic) bond motifs is 1. The zero-order chi connectivity index (χ0) is 13.2. The van der Waals surface area contributed by atoms with Gasteiger partial charge in [-0.1, -0.05) is 0 Å². The molecule has 0 saturated heterocycles. The maximum absolute atomic E-state index is 13.5. The van der Waals surface area contributed by atoms with Crippen molar-refractivity contribution in [1.29, 1.82) is 0 Å². The van der Waals surface area contributed by atoms with Crippen molar-refractivity contribution in [3.05, 3.63) is 47.4 Å². The molecule has 0 aliphatic heterocycles. The number of rotatable bonds is 3. The lowest BCUT2D eigenvalue weighted by Crippen LogP contribution is -2.06. The van der Waals surface area contributed by atoms with Gasteiger partial charge in [0.1, 0.15) is 17.3 Å². The molecule has 0 saturated carbocycles. The quantitative estimate of drug-likeness (QED) is 0.723. The molecule has 96 valence electrons. The zero-order valence-corrected chi connectivity index (χ0v) is 10.4. The molecule has 0 unspecified atom stereocenters. The van der Waals surface area contributed by atoms with Crippen LogP contribution in [0.25, 0.3) is 11.0 Å². The number of hydrogen-bond acceptors (Lipinski definition) is 4.